The molecular weight excluding hydrogens is 297 g/mol. The summed E-state index contributed by atoms with van der Waals surface area (Å²) < 4.78 is 5.39. The molecule has 0 amide bonds. The van der Waals surface area contributed by atoms with Crippen LogP contribution in [0, 0.1) is 0 Å². The summed E-state index contributed by atoms with van der Waals surface area (Å²) in [5.41, 5.74) is 1.17. The standard InChI is InChI=1S/C10H5BrClNO3/c11-7-3-5(12)1-2-6(7)8-4-9(10(14)15)16-13-8/h1-4H,(H,14,15). The molecule has 2 rings (SSSR count). The molecule has 1 aromatic carbocycles. The van der Waals surface area contributed by atoms with Gasteiger partial charge in [0.2, 0.25) is 5.76 Å². The SMILES string of the molecule is O=C(O)c1cc(-c2ccc(Cl)cc2Br)no1. The normalized spacial score (nSPS) is 10.4. The molecule has 0 saturated carbocycles. The van der Waals surface area contributed by atoms with Gasteiger partial charge in [0.1, 0.15) is 5.69 Å². The van der Waals surface area contributed by atoms with Gasteiger partial charge in [0.05, 0.1) is 0 Å². The Kier molecular flexibility index (Phi) is 2.98. The van der Waals surface area contributed by atoms with Crippen LogP contribution in [0.3, 0.4) is 0 Å². The monoisotopic (exact) mass is 301 g/mol. The Morgan fingerprint density at radius 3 is 2.75 bits per heavy atom. The van der Waals surface area contributed by atoms with Gasteiger partial charge in [-0.25, -0.2) is 4.79 Å². The first-order chi connectivity index (χ1) is 7.58. The third kappa shape index (κ3) is 2.10. The molecule has 2 aromatic rings. The highest BCUT2D eigenvalue weighted by Crippen LogP contribution is 2.30. The van der Waals surface area contributed by atoms with Gasteiger partial charge in [-0.15, -0.1) is 0 Å². The van der Waals surface area contributed by atoms with E-state index in [0.717, 1.165) is 10.0 Å². The number of carboxylic acid groups (broad SMARTS) is 1. The second kappa shape index (κ2) is 4.27. The Balaban J connectivity index is 2.46. The first-order valence-electron chi connectivity index (χ1n) is 4.23. The molecule has 4 nitrogen and oxygen atoms in total. The lowest BCUT2D eigenvalue weighted by molar-refractivity contribution is 0.0652. The fraction of sp³-hybridized carbons (Fsp3) is 0. The van der Waals surface area contributed by atoms with Gasteiger partial charge in [0.15, 0.2) is 0 Å². The van der Waals surface area contributed by atoms with Gasteiger partial charge in [0.25, 0.3) is 0 Å². The van der Waals surface area contributed by atoms with Crippen LogP contribution in [0.25, 0.3) is 11.3 Å². The van der Waals surface area contributed by atoms with E-state index in [1.165, 1.54) is 6.07 Å². The lowest BCUT2D eigenvalue weighted by Crippen LogP contribution is -1.91. The van der Waals surface area contributed by atoms with Gasteiger partial charge in [-0.2, -0.15) is 0 Å². The quantitative estimate of drug-likeness (QED) is 0.923. The van der Waals surface area contributed by atoms with Crippen LogP contribution in [0.1, 0.15) is 10.6 Å². The summed E-state index contributed by atoms with van der Waals surface area (Å²) >= 11 is 9.11. The van der Waals surface area contributed by atoms with Crippen molar-refractivity contribution >= 4 is 33.5 Å². The number of hydrogen-bond donors (Lipinski definition) is 1. The number of carbonyl (C=O) groups is 1. The Morgan fingerprint density at radius 1 is 1.44 bits per heavy atom. The molecular formula is C10H5BrClNO3. The van der Waals surface area contributed by atoms with Gasteiger partial charge < -0.3 is 9.63 Å². The summed E-state index contributed by atoms with van der Waals surface area (Å²) in [4.78, 5) is 10.6. The van der Waals surface area contributed by atoms with E-state index in [2.05, 4.69) is 25.6 Å². The minimum Gasteiger partial charge on any atom is -0.475 e. The topological polar surface area (TPSA) is 63.3 Å². The summed E-state index contributed by atoms with van der Waals surface area (Å²) in [5, 5.41) is 12.9. The van der Waals surface area contributed by atoms with Crippen LogP contribution in [0.4, 0.5) is 0 Å². The molecule has 1 aromatic heterocycles. The predicted octanol–water partition coefficient (Wildman–Crippen LogP) is 3.46. The third-order valence-corrected chi connectivity index (χ3v) is 2.82. The fourth-order valence-electron chi connectivity index (χ4n) is 1.20. The first kappa shape index (κ1) is 11.2. The van der Waals surface area contributed by atoms with Gasteiger partial charge in [0, 0.05) is 21.1 Å². The molecule has 0 aliphatic heterocycles. The Morgan fingerprint density at radius 2 is 2.19 bits per heavy atom. The maximum atomic E-state index is 10.6. The van der Waals surface area contributed by atoms with Crippen LogP contribution < -0.4 is 0 Å². The number of halogens is 2. The van der Waals surface area contributed by atoms with Crippen molar-refractivity contribution in [2.45, 2.75) is 0 Å². The second-order valence-electron chi connectivity index (χ2n) is 3.01. The second-order valence-corrected chi connectivity index (χ2v) is 4.30. The highest BCUT2D eigenvalue weighted by molar-refractivity contribution is 9.10. The van der Waals surface area contributed by atoms with E-state index in [4.69, 9.17) is 16.7 Å². The Labute approximate surface area is 104 Å². The van der Waals surface area contributed by atoms with E-state index in [-0.39, 0.29) is 5.76 Å². The number of carboxylic acids is 1. The first-order valence-corrected chi connectivity index (χ1v) is 5.40. The molecule has 0 aliphatic carbocycles. The van der Waals surface area contributed by atoms with E-state index >= 15 is 0 Å². The van der Waals surface area contributed by atoms with Crippen molar-refractivity contribution in [3.63, 3.8) is 0 Å². The number of aromatic nitrogens is 1. The molecule has 6 heteroatoms. The average Bonchev–Trinajstić information content (AvgIpc) is 2.66. The van der Waals surface area contributed by atoms with E-state index in [0.29, 0.717) is 10.7 Å². The summed E-state index contributed by atoms with van der Waals surface area (Å²) in [6.07, 6.45) is 0. The van der Waals surface area contributed by atoms with Gasteiger partial charge in [-0.05, 0) is 12.1 Å². The molecule has 0 atom stereocenters. The third-order valence-electron chi connectivity index (χ3n) is 1.93. The van der Waals surface area contributed by atoms with Crippen molar-refractivity contribution in [1.82, 2.24) is 5.16 Å². The van der Waals surface area contributed by atoms with Crippen molar-refractivity contribution in [1.29, 1.82) is 0 Å². The van der Waals surface area contributed by atoms with Crippen molar-refractivity contribution in [3.05, 3.63) is 39.5 Å². The number of hydrogen-bond acceptors (Lipinski definition) is 3. The minimum atomic E-state index is -1.15. The van der Waals surface area contributed by atoms with Crippen molar-refractivity contribution in [2.24, 2.45) is 0 Å². The minimum absolute atomic E-state index is 0.197. The van der Waals surface area contributed by atoms with Crippen LogP contribution in [-0.2, 0) is 0 Å². The van der Waals surface area contributed by atoms with E-state index in [1.807, 2.05) is 0 Å². The largest absolute Gasteiger partial charge is 0.475 e. The highest BCUT2D eigenvalue weighted by atomic mass is 79.9. The molecule has 0 spiro atoms. The lowest BCUT2D eigenvalue weighted by atomic mass is 10.1. The summed E-state index contributed by atoms with van der Waals surface area (Å²) in [6.45, 7) is 0. The zero-order valence-corrected chi connectivity index (χ0v) is 10.1. The maximum absolute atomic E-state index is 10.6. The lowest BCUT2D eigenvalue weighted by Gasteiger charge is -1.99. The Bertz CT molecular complexity index is 553. The molecule has 1 heterocycles. The van der Waals surface area contributed by atoms with E-state index < -0.39 is 5.97 Å². The molecule has 0 aliphatic rings. The van der Waals surface area contributed by atoms with Crippen molar-refractivity contribution < 1.29 is 14.4 Å². The molecule has 0 unspecified atom stereocenters. The van der Waals surface area contributed by atoms with Crippen molar-refractivity contribution in [2.75, 3.05) is 0 Å². The number of aromatic carboxylic acids is 1. The molecule has 1 N–H and O–H groups in total. The van der Waals surface area contributed by atoms with E-state index in [9.17, 15) is 4.79 Å². The zero-order valence-electron chi connectivity index (χ0n) is 7.78. The predicted molar refractivity (Wildman–Crippen MR) is 61.6 cm³/mol. The highest BCUT2D eigenvalue weighted by Gasteiger charge is 2.14. The summed E-state index contributed by atoms with van der Waals surface area (Å²) in [6, 6.07) is 6.48. The molecule has 16 heavy (non-hydrogen) atoms. The summed E-state index contributed by atoms with van der Waals surface area (Å²) in [5.74, 6) is -1.35. The van der Waals surface area contributed by atoms with Crippen LogP contribution in [0.15, 0.2) is 33.3 Å². The zero-order chi connectivity index (χ0) is 11.7. The van der Waals surface area contributed by atoms with Crippen LogP contribution >= 0.6 is 27.5 Å². The van der Waals surface area contributed by atoms with Gasteiger partial charge >= 0.3 is 5.97 Å². The molecule has 0 bridgehead atoms. The fourth-order valence-corrected chi connectivity index (χ4v) is 2.09. The molecule has 0 saturated heterocycles. The molecule has 0 radical (unpaired) electrons. The van der Waals surface area contributed by atoms with Crippen LogP contribution in [0.5, 0.6) is 0 Å². The molecule has 0 fully saturated rings. The number of nitrogens with zero attached hydrogens (tertiary/aromatic N) is 1. The average molecular weight is 303 g/mol. The number of benzene rings is 1. The van der Waals surface area contributed by atoms with Crippen LogP contribution in [-0.4, -0.2) is 16.2 Å². The Hall–Kier alpha value is -1.33. The van der Waals surface area contributed by atoms with E-state index in [1.54, 1.807) is 18.2 Å². The van der Waals surface area contributed by atoms with Gasteiger partial charge in [-0.3, -0.25) is 0 Å². The maximum Gasteiger partial charge on any atom is 0.374 e. The number of rotatable bonds is 2. The smallest absolute Gasteiger partial charge is 0.374 e. The molecule has 82 valence electrons. The van der Waals surface area contributed by atoms with Crippen molar-refractivity contribution in [3.8, 4) is 11.3 Å². The summed E-state index contributed by atoms with van der Waals surface area (Å²) in [7, 11) is 0. The van der Waals surface area contributed by atoms with Crippen LogP contribution in [0.2, 0.25) is 5.02 Å². The van der Waals surface area contributed by atoms with Gasteiger partial charge in [-0.1, -0.05) is 38.8 Å².